The van der Waals surface area contributed by atoms with Gasteiger partial charge in [0.2, 0.25) is 5.92 Å². The largest absolute Gasteiger partial charge is 0.387 e. The monoisotopic (exact) mass is 522 g/mol. The highest BCUT2D eigenvalue weighted by Crippen LogP contribution is 2.41. The summed E-state index contributed by atoms with van der Waals surface area (Å²) < 4.78 is 50.2. The molecule has 0 spiro atoms. The molecule has 2 aliphatic rings. The third-order valence-corrected chi connectivity index (χ3v) is 6.63. The number of halogens is 3. The molecule has 2 aromatic heterocycles. The second-order valence-electron chi connectivity index (χ2n) is 8.38. The summed E-state index contributed by atoms with van der Waals surface area (Å²) in [4.78, 5) is 22.0. The van der Waals surface area contributed by atoms with Crippen molar-refractivity contribution in [3.05, 3.63) is 23.0 Å². The predicted molar refractivity (Wildman–Crippen MR) is 114 cm³/mol. The normalized spacial score (nSPS) is 28.9. The van der Waals surface area contributed by atoms with Crippen LogP contribution in [0.5, 0.6) is 0 Å². The molecule has 4 rings (SSSR count). The van der Waals surface area contributed by atoms with Crippen LogP contribution in [0.1, 0.15) is 31.1 Å². The molecule has 1 saturated carbocycles. The van der Waals surface area contributed by atoms with Gasteiger partial charge >= 0.3 is 7.60 Å². The Hall–Kier alpha value is -1.88. The summed E-state index contributed by atoms with van der Waals surface area (Å²) in [6.07, 6.45) is -5.04. The Labute approximate surface area is 197 Å². The first kappa shape index (κ1) is 25.2. The van der Waals surface area contributed by atoms with E-state index >= 15 is 0 Å². The number of fused-ring (bicyclic) bond motifs is 1. The molecule has 0 amide bonds. The van der Waals surface area contributed by atoms with Gasteiger partial charge in [-0.25, -0.2) is 13.8 Å². The van der Waals surface area contributed by atoms with Gasteiger partial charge in [0.15, 0.2) is 11.4 Å². The van der Waals surface area contributed by atoms with Crippen molar-refractivity contribution >= 4 is 35.9 Å². The fraction of sp³-hybridized carbons (Fsp3) is 0.579. The molecule has 11 nitrogen and oxygen atoms in total. The van der Waals surface area contributed by atoms with Crippen molar-refractivity contribution in [1.82, 2.24) is 9.55 Å². The number of ether oxygens (including phenoxy) is 2. The van der Waals surface area contributed by atoms with E-state index in [2.05, 4.69) is 10.3 Å². The lowest BCUT2D eigenvalue weighted by atomic mass is 10.1. The summed E-state index contributed by atoms with van der Waals surface area (Å²) in [5, 5.41) is 33.6. The summed E-state index contributed by atoms with van der Waals surface area (Å²) in [6, 6.07) is 2.90. The molecule has 2 aromatic rings. The smallest absolute Gasteiger partial charge is 0.350 e. The molecule has 5 N–H and O–H groups in total. The first-order valence-corrected chi connectivity index (χ1v) is 12.5. The van der Waals surface area contributed by atoms with E-state index in [1.807, 2.05) is 6.07 Å². The van der Waals surface area contributed by atoms with Crippen LogP contribution >= 0.6 is 19.2 Å². The Balaban J connectivity index is 1.62. The molecule has 1 saturated heterocycles. The van der Waals surface area contributed by atoms with Crippen LogP contribution in [0.4, 0.5) is 14.5 Å². The second kappa shape index (κ2) is 9.29. The number of hydrogen-bond donors (Lipinski definition) is 5. The average Bonchev–Trinajstić information content (AvgIpc) is 3.38. The number of aliphatic hydroxyl groups is 2. The first-order valence-electron chi connectivity index (χ1n) is 10.3. The van der Waals surface area contributed by atoms with Crippen molar-refractivity contribution in [2.45, 2.75) is 55.8 Å². The molecule has 1 aliphatic heterocycles. The summed E-state index contributed by atoms with van der Waals surface area (Å²) in [7, 11) is -4.43. The van der Waals surface area contributed by atoms with Crippen LogP contribution in [-0.4, -0.2) is 72.8 Å². The summed E-state index contributed by atoms with van der Waals surface area (Å²) in [5.74, 6) is -2.80. The number of nitrogens with one attached hydrogen (secondary N) is 1. The van der Waals surface area contributed by atoms with Crippen molar-refractivity contribution in [2.24, 2.45) is 0 Å². The van der Waals surface area contributed by atoms with Crippen LogP contribution in [0.25, 0.3) is 11.0 Å². The van der Waals surface area contributed by atoms with Gasteiger partial charge in [-0.2, -0.15) is 5.26 Å². The molecular formula is C19H22ClF2N4O7P. The van der Waals surface area contributed by atoms with E-state index in [9.17, 15) is 28.8 Å². The van der Waals surface area contributed by atoms with Crippen molar-refractivity contribution in [2.75, 3.05) is 18.3 Å². The van der Waals surface area contributed by atoms with Gasteiger partial charge < -0.3 is 39.4 Å². The minimum atomic E-state index is -4.43. The van der Waals surface area contributed by atoms with E-state index < -0.39 is 63.5 Å². The second-order valence-corrected chi connectivity index (χ2v) is 10.3. The number of nitriles is 1. The van der Waals surface area contributed by atoms with Gasteiger partial charge in [-0.1, -0.05) is 11.6 Å². The molecule has 0 bridgehead atoms. The number of alkyl halides is 2. The summed E-state index contributed by atoms with van der Waals surface area (Å²) >= 11 is 6.21. The van der Waals surface area contributed by atoms with Gasteiger partial charge in [0, 0.05) is 30.5 Å². The van der Waals surface area contributed by atoms with Crippen LogP contribution < -0.4 is 5.32 Å². The first-order chi connectivity index (χ1) is 15.9. The van der Waals surface area contributed by atoms with Crippen LogP contribution in [0.15, 0.2) is 12.3 Å². The molecule has 0 aromatic carbocycles. The highest BCUT2D eigenvalue weighted by Gasteiger charge is 2.45. The molecule has 2 fully saturated rings. The standard InChI is InChI=1S/C19H22ClF2N4O7P/c20-16-11(6-23)13(24-9-1-3-19(21,22)5-9)10-2-4-26(17(10)25-16)18-15(28)14(27)12(33-18)7-32-8-34(29,30)31/h2,4,9,12,14-15,18,27-28H,1,3,5,7-8H2,(H,24,25)(H2,29,30,31)/t9-,12-,14-,15-,18-/m1/s1. The average molecular weight is 523 g/mol. The highest BCUT2D eigenvalue weighted by molar-refractivity contribution is 7.51. The van der Waals surface area contributed by atoms with Crippen molar-refractivity contribution < 1.29 is 42.8 Å². The summed E-state index contributed by atoms with van der Waals surface area (Å²) in [6.45, 7) is -0.394. The van der Waals surface area contributed by atoms with E-state index in [4.69, 9.17) is 30.9 Å². The minimum absolute atomic E-state index is 0.0150. The van der Waals surface area contributed by atoms with Crippen LogP contribution in [0, 0.1) is 11.3 Å². The minimum Gasteiger partial charge on any atom is -0.387 e. The molecule has 15 heteroatoms. The maximum Gasteiger partial charge on any atom is 0.350 e. The third kappa shape index (κ3) is 5.05. The molecule has 0 unspecified atom stereocenters. The highest BCUT2D eigenvalue weighted by atomic mass is 35.5. The van der Waals surface area contributed by atoms with Crippen LogP contribution in [0.3, 0.4) is 0 Å². The zero-order valence-electron chi connectivity index (χ0n) is 17.5. The lowest BCUT2D eigenvalue weighted by Gasteiger charge is -2.19. The van der Waals surface area contributed by atoms with E-state index in [1.165, 1.54) is 10.8 Å². The number of pyridine rings is 1. The van der Waals surface area contributed by atoms with Gasteiger partial charge in [0.1, 0.15) is 41.9 Å². The zero-order chi connectivity index (χ0) is 24.8. The Morgan fingerprint density at radius 1 is 1.41 bits per heavy atom. The molecule has 186 valence electrons. The molecule has 1 aliphatic carbocycles. The van der Waals surface area contributed by atoms with Gasteiger partial charge in [-0.05, 0) is 12.5 Å². The van der Waals surface area contributed by atoms with E-state index in [-0.39, 0.29) is 34.9 Å². The van der Waals surface area contributed by atoms with Gasteiger partial charge in [-0.3, -0.25) is 4.57 Å². The Morgan fingerprint density at radius 2 is 2.15 bits per heavy atom. The number of aliphatic hydroxyl groups excluding tert-OH is 2. The predicted octanol–water partition coefficient (Wildman–Crippen LogP) is 1.93. The number of rotatable bonds is 7. The Morgan fingerprint density at radius 3 is 2.76 bits per heavy atom. The van der Waals surface area contributed by atoms with E-state index in [0.29, 0.717) is 5.39 Å². The van der Waals surface area contributed by atoms with Gasteiger partial charge in [-0.15, -0.1) is 0 Å². The fourth-order valence-electron chi connectivity index (χ4n) is 4.26. The third-order valence-electron chi connectivity index (χ3n) is 5.83. The number of nitrogens with zero attached hydrogens (tertiary/aromatic N) is 3. The molecule has 3 heterocycles. The van der Waals surface area contributed by atoms with Gasteiger partial charge in [0.25, 0.3) is 0 Å². The van der Waals surface area contributed by atoms with Crippen LogP contribution in [0.2, 0.25) is 5.15 Å². The molecule has 5 atom stereocenters. The SMILES string of the molecule is N#Cc1c(Cl)nc2c(ccn2[C@@H]2O[C@H](COCP(=O)(O)O)[C@@H](O)[C@H]2O)c1N[C@@H]1CCC(F)(F)C1. The van der Waals surface area contributed by atoms with Crippen molar-refractivity contribution in [1.29, 1.82) is 5.26 Å². The lowest BCUT2D eigenvalue weighted by Crippen LogP contribution is -2.33. The quantitative estimate of drug-likeness (QED) is 0.267. The number of hydrogen-bond acceptors (Lipinski definition) is 8. The maximum absolute atomic E-state index is 13.7. The topological polar surface area (TPSA) is 170 Å². The zero-order valence-corrected chi connectivity index (χ0v) is 19.2. The number of anilines is 1. The molecule has 34 heavy (non-hydrogen) atoms. The Kier molecular flexibility index (Phi) is 6.89. The van der Waals surface area contributed by atoms with Crippen molar-refractivity contribution in [3.63, 3.8) is 0 Å². The van der Waals surface area contributed by atoms with Crippen molar-refractivity contribution in [3.8, 4) is 6.07 Å². The van der Waals surface area contributed by atoms with Crippen LogP contribution in [-0.2, 0) is 14.0 Å². The lowest BCUT2D eigenvalue weighted by molar-refractivity contribution is -0.0610. The number of aromatic nitrogens is 2. The Bertz CT molecular complexity index is 1170. The maximum atomic E-state index is 13.7. The summed E-state index contributed by atoms with van der Waals surface area (Å²) in [5.41, 5.74) is 0.386. The van der Waals surface area contributed by atoms with Gasteiger partial charge in [0.05, 0.1) is 12.3 Å². The molecule has 0 radical (unpaired) electrons. The molecular weight excluding hydrogens is 501 g/mol. The van der Waals surface area contributed by atoms with E-state index in [1.54, 1.807) is 6.07 Å². The fourth-order valence-corrected chi connectivity index (χ4v) is 4.82. The van der Waals surface area contributed by atoms with E-state index in [0.717, 1.165) is 0 Å².